The Labute approximate surface area is 341 Å². The molecule has 3 aromatic carbocycles. The monoisotopic (exact) mass is 812 g/mol. The minimum Gasteiger partial charge on any atom is -0.497 e. The molecule has 2 saturated carbocycles. The summed E-state index contributed by atoms with van der Waals surface area (Å²) in [6.45, 7) is 7.07. The number of Topliss-reactive ketones (excluding diaryl/α,β-unsaturated/α-hetero) is 1. The van der Waals surface area contributed by atoms with Crippen molar-refractivity contribution in [3.05, 3.63) is 95.1 Å². The number of benzene rings is 3. The van der Waals surface area contributed by atoms with Crippen molar-refractivity contribution in [3.8, 4) is 5.75 Å². The van der Waals surface area contributed by atoms with E-state index in [1.807, 2.05) is 42.5 Å². The molecule has 2 N–H and O–H groups in total. The SMILES string of the molecule is COC(=O)O[C@H]1C(=O)[C@@]2(C)[C@H]([C@H](OC(=O)c3ccc(OC)cc3)[C@]3(O)C[C@H](OC(=O)/C=C/c4ccc5ccccc5c4)C(C)=C1C3(C)C)[C@]1(OC(C)=O)CO[C@@H]1C[C@@H]2O. The van der Waals surface area contributed by atoms with Crippen LogP contribution in [0.5, 0.6) is 5.75 Å². The highest BCUT2D eigenvalue weighted by Gasteiger charge is 2.78. The van der Waals surface area contributed by atoms with E-state index >= 15 is 4.79 Å². The maximum atomic E-state index is 15.4. The summed E-state index contributed by atoms with van der Waals surface area (Å²) in [4.78, 5) is 69.5. The van der Waals surface area contributed by atoms with Crippen LogP contribution in [0.1, 0.15) is 63.4 Å². The molecule has 312 valence electrons. The fourth-order valence-corrected chi connectivity index (χ4v) is 9.80. The summed E-state index contributed by atoms with van der Waals surface area (Å²) in [5, 5.41) is 27.6. The quantitative estimate of drug-likeness (QED) is 0.129. The second-order valence-electron chi connectivity index (χ2n) is 16.4. The highest BCUT2D eigenvalue weighted by molar-refractivity contribution is 5.96. The van der Waals surface area contributed by atoms with Crippen LogP contribution in [0.4, 0.5) is 4.79 Å². The van der Waals surface area contributed by atoms with Crippen LogP contribution in [0.3, 0.4) is 0 Å². The van der Waals surface area contributed by atoms with Gasteiger partial charge in [0.2, 0.25) is 0 Å². The van der Waals surface area contributed by atoms with Gasteiger partial charge in [-0.2, -0.15) is 0 Å². The molecule has 0 aromatic heterocycles. The maximum absolute atomic E-state index is 15.4. The molecule has 0 unspecified atom stereocenters. The van der Waals surface area contributed by atoms with Gasteiger partial charge in [0.1, 0.15) is 29.7 Å². The number of hydrogen-bond acceptors (Lipinski definition) is 14. The zero-order chi connectivity index (χ0) is 42.7. The lowest BCUT2D eigenvalue weighted by Gasteiger charge is -2.67. The molecule has 4 aliphatic rings. The Balaban J connectivity index is 1.40. The third kappa shape index (κ3) is 6.76. The Morgan fingerprint density at radius 2 is 1.61 bits per heavy atom. The number of aliphatic hydroxyl groups is 2. The Morgan fingerprint density at radius 3 is 2.24 bits per heavy atom. The van der Waals surface area contributed by atoms with Crippen molar-refractivity contribution in [1.82, 2.24) is 0 Å². The zero-order valence-electron chi connectivity index (χ0n) is 33.9. The van der Waals surface area contributed by atoms with Crippen molar-refractivity contribution >= 4 is 46.7 Å². The van der Waals surface area contributed by atoms with Crippen molar-refractivity contribution in [2.45, 2.75) is 89.2 Å². The minimum atomic E-state index is -2.30. The van der Waals surface area contributed by atoms with Crippen molar-refractivity contribution in [3.63, 3.8) is 0 Å². The van der Waals surface area contributed by atoms with Gasteiger partial charge in [0.15, 0.2) is 17.5 Å². The van der Waals surface area contributed by atoms with Crippen molar-refractivity contribution in [2.24, 2.45) is 16.7 Å². The number of rotatable bonds is 8. The Morgan fingerprint density at radius 1 is 0.915 bits per heavy atom. The summed E-state index contributed by atoms with van der Waals surface area (Å²) in [6.07, 6.45) is -6.46. The summed E-state index contributed by atoms with van der Waals surface area (Å²) >= 11 is 0. The second-order valence-corrected chi connectivity index (χ2v) is 16.4. The van der Waals surface area contributed by atoms with Gasteiger partial charge in [0.05, 0.1) is 43.8 Å². The number of ether oxygens (including phenoxy) is 7. The van der Waals surface area contributed by atoms with Crippen LogP contribution < -0.4 is 4.74 Å². The molecule has 3 fully saturated rings. The Kier molecular flexibility index (Phi) is 10.7. The molecule has 0 amide bonds. The summed E-state index contributed by atoms with van der Waals surface area (Å²) in [7, 11) is 2.53. The van der Waals surface area contributed by atoms with Gasteiger partial charge in [-0.1, -0.05) is 50.2 Å². The molecule has 3 aliphatic carbocycles. The van der Waals surface area contributed by atoms with Crippen molar-refractivity contribution in [1.29, 1.82) is 0 Å². The van der Waals surface area contributed by atoms with Gasteiger partial charge < -0.3 is 43.4 Å². The normalized spacial score (nSPS) is 32.1. The molecular weight excluding hydrogens is 764 g/mol. The number of methoxy groups -OCH3 is 2. The topological polar surface area (TPSA) is 190 Å². The van der Waals surface area contributed by atoms with E-state index in [1.165, 1.54) is 39.2 Å². The van der Waals surface area contributed by atoms with Gasteiger partial charge in [-0.15, -0.1) is 0 Å². The van der Waals surface area contributed by atoms with E-state index in [4.69, 9.17) is 33.2 Å². The van der Waals surface area contributed by atoms with E-state index in [-0.39, 0.29) is 29.7 Å². The van der Waals surface area contributed by atoms with Crippen LogP contribution in [0.2, 0.25) is 0 Å². The molecule has 9 atom stereocenters. The van der Waals surface area contributed by atoms with E-state index < -0.39 is 94.7 Å². The number of esters is 3. The van der Waals surface area contributed by atoms with Crippen LogP contribution in [0.25, 0.3) is 16.8 Å². The Hall–Kier alpha value is -5.57. The predicted molar refractivity (Wildman–Crippen MR) is 210 cm³/mol. The van der Waals surface area contributed by atoms with Gasteiger partial charge in [0.25, 0.3) is 0 Å². The predicted octanol–water partition coefficient (Wildman–Crippen LogP) is 5.30. The Bertz CT molecular complexity index is 2260. The summed E-state index contributed by atoms with van der Waals surface area (Å²) in [5.74, 6) is -4.40. The van der Waals surface area contributed by atoms with Gasteiger partial charge in [-0.25, -0.2) is 14.4 Å². The molecule has 1 aliphatic heterocycles. The van der Waals surface area contributed by atoms with E-state index in [0.29, 0.717) is 5.75 Å². The first-order valence-corrected chi connectivity index (χ1v) is 19.4. The van der Waals surface area contributed by atoms with E-state index in [9.17, 15) is 29.4 Å². The summed E-state index contributed by atoms with van der Waals surface area (Å²) in [6, 6.07) is 19.4. The van der Waals surface area contributed by atoms with E-state index in [0.717, 1.165) is 23.4 Å². The number of aliphatic hydroxyl groups excluding tert-OH is 1. The van der Waals surface area contributed by atoms with Crippen LogP contribution in [-0.2, 0) is 42.8 Å². The summed E-state index contributed by atoms with van der Waals surface area (Å²) in [5.41, 5.74) is -6.60. The fraction of sp³-hybridized carbons (Fsp3) is 0.444. The lowest BCUT2D eigenvalue weighted by Crippen LogP contribution is -2.82. The van der Waals surface area contributed by atoms with E-state index in [2.05, 4.69) is 0 Å². The molecule has 1 heterocycles. The molecule has 2 bridgehead atoms. The number of ketones is 1. The third-order valence-corrected chi connectivity index (χ3v) is 13.0. The summed E-state index contributed by atoms with van der Waals surface area (Å²) < 4.78 is 40.3. The standard InChI is InChI=1S/C45H48O14/c1-24-31(56-34(48)19-13-26-12-14-27-10-8-9-11-29(27)20-26)22-45(52)39(58-40(50)28-15-17-30(53-6)18-16-28)37-43(5,32(47)21-33-44(37,23-55-33)59-25(2)46)38(49)36(57-41(51)54-7)35(24)42(45,3)4/h8-20,31-33,36-37,39,47,52H,21-23H2,1-7H3/b19-13+/t31-,32-,33+,36+,37-,39-,43+,44-,45+/m0/s1. The second kappa shape index (κ2) is 15.2. The lowest BCUT2D eigenvalue weighted by molar-refractivity contribution is -0.345. The first kappa shape index (κ1) is 41.6. The first-order chi connectivity index (χ1) is 27.9. The highest BCUT2D eigenvalue weighted by atomic mass is 16.7. The zero-order valence-corrected chi connectivity index (χ0v) is 33.9. The average Bonchev–Trinajstić information content (AvgIpc) is 3.20. The van der Waals surface area contributed by atoms with Gasteiger partial charge in [-0.3, -0.25) is 9.59 Å². The third-order valence-electron chi connectivity index (χ3n) is 13.0. The number of carbonyl (C=O) groups excluding carboxylic acids is 5. The van der Waals surface area contributed by atoms with Crippen LogP contribution >= 0.6 is 0 Å². The lowest BCUT2D eigenvalue weighted by atomic mass is 9.44. The van der Waals surface area contributed by atoms with Crippen LogP contribution in [-0.4, -0.2) is 103 Å². The number of hydrogen-bond donors (Lipinski definition) is 2. The van der Waals surface area contributed by atoms with Gasteiger partial charge in [-0.05, 0) is 77.7 Å². The van der Waals surface area contributed by atoms with Crippen molar-refractivity contribution in [2.75, 3.05) is 20.8 Å². The largest absolute Gasteiger partial charge is 0.509 e. The van der Waals surface area contributed by atoms with E-state index in [1.54, 1.807) is 39.0 Å². The molecular formula is C45H48O14. The molecule has 7 rings (SSSR count). The first-order valence-electron chi connectivity index (χ1n) is 19.4. The maximum Gasteiger partial charge on any atom is 0.509 e. The van der Waals surface area contributed by atoms with Crippen LogP contribution in [0.15, 0.2) is 84.0 Å². The number of carbonyl (C=O) groups is 5. The molecule has 0 spiro atoms. The molecule has 14 heteroatoms. The fourth-order valence-electron chi connectivity index (χ4n) is 9.80. The van der Waals surface area contributed by atoms with Gasteiger partial charge in [0, 0.05) is 31.3 Å². The molecule has 1 saturated heterocycles. The molecule has 59 heavy (non-hydrogen) atoms. The van der Waals surface area contributed by atoms with Crippen LogP contribution in [0, 0.1) is 16.7 Å². The molecule has 0 radical (unpaired) electrons. The molecule has 14 nitrogen and oxygen atoms in total. The highest BCUT2D eigenvalue weighted by Crippen LogP contribution is 2.64. The minimum absolute atomic E-state index is 0.0452. The van der Waals surface area contributed by atoms with Gasteiger partial charge >= 0.3 is 24.1 Å². The smallest absolute Gasteiger partial charge is 0.497 e. The average molecular weight is 813 g/mol. The number of fused-ring (bicyclic) bond motifs is 6. The molecule has 3 aromatic rings. The van der Waals surface area contributed by atoms with Crippen molar-refractivity contribution < 1.29 is 67.3 Å².